The van der Waals surface area contributed by atoms with Gasteiger partial charge in [-0.3, -0.25) is 0 Å². The lowest BCUT2D eigenvalue weighted by Crippen LogP contribution is -2.17. The normalized spacial score (nSPS) is 12.6. The number of rotatable bonds is 4. The zero-order valence-corrected chi connectivity index (χ0v) is 9.42. The molecule has 0 saturated heterocycles. The van der Waals surface area contributed by atoms with Gasteiger partial charge in [0.25, 0.3) is 0 Å². The summed E-state index contributed by atoms with van der Waals surface area (Å²) >= 11 is 0. The summed E-state index contributed by atoms with van der Waals surface area (Å²) in [5.74, 6) is -0.223. The van der Waals surface area contributed by atoms with Crippen LogP contribution < -0.4 is 10.5 Å². The van der Waals surface area contributed by atoms with E-state index < -0.39 is 6.36 Å². The van der Waals surface area contributed by atoms with Crippen LogP contribution in [0.4, 0.5) is 13.2 Å². The third kappa shape index (κ3) is 4.91. The molecule has 0 radical (unpaired) electrons. The van der Waals surface area contributed by atoms with Crippen molar-refractivity contribution in [3.63, 3.8) is 0 Å². The molecular weight excluding hydrogens is 231 g/mol. The predicted octanol–water partition coefficient (Wildman–Crippen LogP) is 3.34. The maximum absolute atomic E-state index is 12.0. The third-order valence-corrected chi connectivity index (χ3v) is 2.18. The fourth-order valence-electron chi connectivity index (χ4n) is 1.34. The highest BCUT2D eigenvalue weighted by Crippen LogP contribution is 2.24. The van der Waals surface area contributed by atoms with Crippen molar-refractivity contribution in [2.24, 2.45) is 5.73 Å². The summed E-state index contributed by atoms with van der Waals surface area (Å²) in [6.45, 7) is 2.33. The Kier molecular flexibility index (Phi) is 4.57. The van der Waals surface area contributed by atoms with Crippen molar-refractivity contribution < 1.29 is 17.9 Å². The number of nitrogens with two attached hydrogens (primary N) is 1. The first-order chi connectivity index (χ1) is 7.94. The molecule has 1 aromatic carbocycles. The highest BCUT2D eigenvalue weighted by molar-refractivity contribution is 5.55. The van der Waals surface area contributed by atoms with E-state index in [1.807, 2.05) is 6.92 Å². The largest absolute Gasteiger partial charge is 0.573 e. The van der Waals surface area contributed by atoms with Crippen LogP contribution in [0.3, 0.4) is 0 Å². The minimum absolute atomic E-state index is 0.223. The monoisotopic (exact) mass is 245 g/mol. The molecule has 2 nitrogen and oxygen atoms in total. The molecule has 94 valence electrons. The molecule has 0 atom stereocenters. The lowest BCUT2D eigenvalue weighted by Gasteiger charge is -2.09. The summed E-state index contributed by atoms with van der Waals surface area (Å²) in [6, 6.07) is 5.81. The number of benzene rings is 1. The van der Waals surface area contributed by atoms with E-state index in [1.54, 1.807) is 12.1 Å². The van der Waals surface area contributed by atoms with E-state index in [1.165, 1.54) is 18.2 Å². The van der Waals surface area contributed by atoms with Gasteiger partial charge in [-0.2, -0.15) is 0 Å². The van der Waals surface area contributed by atoms with Gasteiger partial charge in [0.2, 0.25) is 0 Å². The van der Waals surface area contributed by atoms with E-state index in [-0.39, 0.29) is 5.75 Å². The second-order valence-electron chi connectivity index (χ2n) is 3.48. The Morgan fingerprint density at radius 3 is 2.65 bits per heavy atom. The Labute approximate surface area is 97.9 Å². The molecule has 0 heterocycles. The molecule has 0 unspecified atom stereocenters. The molecule has 1 rings (SSSR count). The van der Waals surface area contributed by atoms with Gasteiger partial charge in [0.15, 0.2) is 0 Å². The molecule has 0 amide bonds. The molecule has 2 N–H and O–H groups in total. The van der Waals surface area contributed by atoms with Crippen LogP contribution >= 0.6 is 0 Å². The summed E-state index contributed by atoms with van der Waals surface area (Å²) in [6.07, 6.45) is -2.13. The van der Waals surface area contributed by atoms with Gasteiger partial charge < -0.3 is 10.5 Å². The minimum atomic E-state index is -4.66. The van der Waals surface area contributed by atoms with Crippen molar-refractivity contribution >= 4 is 6.08 Å². The smallest absolute Gasteiger partial charge is 0.406 e. The molecular formula is C12H14F3NO. The van der Waals surface area contributed by atoms with Crippen LogP contribution in [0.15, 0.2) is 29.8 Å². The van der Waals surface area contributed by atoms with Crippen molar-refractivity contribution in [3.05, 3.63) is 35.4 Å². The summed E-state index contributed by atoms with van der Waals surface area (Å²) in [5.41, 5.74) is 7.11. The SMILES string of the molecule is CC/C(=C/c1cccc(OC(F)(F)F)c1)CN. The Morgan fingerprint density at radius 1 is 1.41 bits per heavy atom. The highest BCUT2D eigenvalue weighted by atomic mass is 19.4. The molecule has 0 spiro atoms. The summed E-state index contributed by atoms with van der Waals surface area (Å²) in [5, 5.41) is 0. The zero-order valence-electron chi connectivity index (χ0n) is 9.42. The fourth-order valence-corrected chi connectivity index (χ4v) is 1.34. The third-order valence-electron chi connectivity index (χ3n) is 2.18. The molecule has 0 bridgehead atoms. The number of hydrogen-bond donors (Lipinski definition) is 1. The van der Waals surface area contributed by atoms with E-state index in [0.717, 1.165) is 12.0 Å². The van der Waals surface area contributed by atoms with Crippen LogP contribution in [0, 0.1) is 0 Å². The van der Waals surface area contributed by atoms with E-state index in [0.29, 0.717) is 12.1 Å². The Balaban J connectivity index is 2.90. The van der Waals surface area contributed by atoms with E-state index >= 15 is 0 Å². The van der Waals surface area contributed by atoms with Gasteiger partial charge in [0.05, 0.1) is 0 Å². The summed E-state index contributed by atoms with van der Waals surface area (Å²) in [4.78, 5) is 0. The van der Waals surface area contributed by atoms with Gasteiger partial charge in [-0.25, -0.2) is 0 Å². The maximum atomic E-state index is 12.0. The van der Waals surface area contributed by atoms with Gasteiger partial charge >= 0.3 is 6.36 Å². The van der Waals surface area contributed by atoms with Crippen molar-refractivity contribution in [2.45, 2.75) is 19.7 Å². The first-order valence-corrected chi connectivity index (χ1v) is 5.20. The molecule has 0 aliphatic carbocycles. The fraction of sp³-hybridized carbons (Fsp3) is 0.333. The van der Waals surface area contributed by atoms with Crippen LogP contribution in [0.25, 0.3) is 6.08 Å². The molecule has 0 aromatic heterocycles. The second kappa shape index (κ2) is 5.72. The lowest BCUT2D eigenvalue weighted by atomic mass is 10.1. The Morgan fingerprint density at radius 2 is 2.12 bits per heavy atom. The van der Waals surface area contributed by atoms with Gasteiger partial charge in [-0.1, -0.05) is 30.7 Å². The summed E-state index contributed by atoms with van der Waals surface area (Å²) < 4.78 is 39.9. The van der Waals surface area contributed by atoms with Crippen LogP contribution in [-0.2, 0) is 0 Å². The van der Waals surface area contributed by atoms with Crippen molar-refractivity contribution in [2.75, 3.05) is 6.54 Å². The molecule has 5 heteroatoms. The van der Waals surface area contributed by atoms with Gasteiger partial charge in [0.1, 0.15) is 5.75 Å². The molecule has 17 heavy (non-hydrogen) atoms. The molecule has 0 fully saturated rings. The summed E-state index contributed by atoms with van der Waals surface area (Å²) in [7, 11) is 0. The van der Waals surface area contributed by atoms with Gasteiger partial charge in [-0.05, 0) is 24.1 Å². The predicted molar refractivity (Wildman–Crippen MR) is 60.4 cm³/mol. The maximum Gasteiger partial charge on any atom is 0.573 e. The van der Waals surface area contributed by atoms with Gasteiger partial charge in [-0.15, -0.1) is 13.2 Å². The minimum Gasteiger partial charge on any atom is -0.406 e. The lowest BCUT2D eigenvalue weighted by molar-refractivity contribution is -0.274. The average molecular weight is 245 g/mol. The number of ether oxygens (including phenoxy) is 1. The quantitative estimate of drug-likeness (QED) is 0.883. The number of halogens is 3. The van der Waals surface area contributed by atoms with Crippen molar-refractivity contribution in [3.8, 4) is 5.75 Å². The Bertz CT molecular complexity index is 393. The number of alkyl halides is 3. The van der Waals surface area contributed by atoms with Crippen LogP contribution in [-0.4, -0.2) is 12.9 Å². The molecule has 1 aromatic rings. The Hall–Kier alpha value is -1.49. The topological polar surface area (TPSA) is 35.2 Å². The van der Waals surface area contributed by atoms with Crippen LogP contribution in [0.1, 0.15) is 18.9 Å². The molecule has 0 aliphatic rings. The van der Waals surface area contributed by atoms with E-state index in [4.69, 9.17) is 5.73 Å². The number of hydrogen-bond acceptors (Lipinski definition) is 2. The van der Waals surface area contributed by atoms with Crippen molar-refractivity contribution in [1.82, 2.24) is 0 Å². The van der Waals surface area contributed by atoms with E-state index in [9.17, 15) is 13.2 Å². The second-order valence-corrected chi connectivity index (χ2v) is 3.48. The average Bonchev–Trinajstić information content (AvgIpc) is 2.24. The molecule has 0 aliphatic heterocycles. The van der Waals surface area contributed by atoms with Crippen molar-refractivity contribution in [1.29, 1.82) is 0 Å². The molecule has 0 saturated carbocycles. The first kappa shape index (κ1) is 13.6. The van der Waals surface area contributed by atoms with Crippen LogP contribution in [0.5, 0.6) is 5.75 Å². The van der Waals surface area contributed by atoms with Crippen LogP contribution in [0.2, 0.25) is 0 Å². The van der Waals surface area contributed by atoms with Gasteiger partial charge in [0, 0.05) is 6.54 Å². The zero-order chi connectivity index (χ0) is 12.9. The first-order valence-electron chi connectivity index (χ1n) is 5.20. The highest BCUT2D eigenvalue weighted by Gasteiger charge is 2.30. The van der Waals surface area contributed by atoms with E-state index in [2.05, 4.69) is 4.74 Å². The standard InChI is InChI=1S/C12H14F3NO/c1-2-9(8-16)6-10-4-3-5-11(7-10)17-12(13,14)15/h3-7H,2,8,16H2,1H3/b9-6-.